The molecule has 0 aromatic heterocycles. The molecule has 0 spiro atoms. The van der Waals surface area contributed by atoms with Crippen molar-refractivity contribution < 1.29 is 9.47 Å². The summed E-state index contributed by atoms with van der Waals surface area (Å²) in [5.74, 6) is 1.51. The molecule has 5 heteroatoms. The molecule has 0 aliphatic rings. The second-order valence-electron chi connectivity index (χ2n) is 6.59. The largest absolute Gasteiger partial charge is 0.497 e. The van der Waals surface area contributed by atoms with Gasteiger partial charge in [0, 0.05) is 5.54 Å². The summed E-state index contributed by atoms with van der Waals surface area (Å²) in [7, 11) is 1.68. The lowest BCUT2D eigenvalue weighted by atomic mass is 9.95. The predicted molar refractivity (Wildman–Crippen MR) is 105 cm³/mol. The fourth-order valence-electron chi connectivity index (χ4n) is 2.59. The molecule has 0 fully saturated rings. The third-order valence-corrected chi connectivity index (χ3v) is 4.71. The Morgan fingerprint density at radius 2 is 1.76 bits per heavy atom. The van der Waals surface area contributed by atoms with E-state index in [1.165, 1.54) is 5.56 Å². The van der Waals surface area contributed by atoms with E-state index in [2.05, 4.69) is 31.3 Å². The molecule has 2 aromatic carbocycles. The molecule has 25 heavy (non-hydrogen) atoms. The quantitative estimate of drug-likeness (QED) is 0.591. The van der Waals surface area contributed by atoms with Gasteiger partial charge in [-0.2, -0.15) is 0 Å². The van der Waals surface area contributed by atoms with Gasteiger partial charge in [-0.05, 0) is 63.1 Å². The van der Waals surface area contributed by atoms with Gasteiger partial charge in [0.1, 0.15) is 16.5 Å². The normalized spacial score (nSPS) is 11.4. The number of nitrogens with one attached hydrogen (secondary N) is 1. The minimum absolute atomic E-state index is 0.00227. The maximum Gasteiger partial charge on any atom is 0.139 e. The van der Waals surface area contributed by atoms with Crippen molar-refractivity contribution >= 4 is 23.2 Å². The summed E-state index contributed by atoms with van der Waals surface area (Å²) < 4.78 is 10.9. The van der Waals surface area contributed by atoms with Crippen molar-refractivity contribution in [2.24, 2.45) is 0 Å². The number of rotatable bonds is 9. The van der Waals surface area contributed by atoms with Crippen LogP contribution in [0.1, 0.15) is 25.8 Å². The Kier molecular flexibility index (Phi) is 7.42. The number of methoxy groups -OCH3 is 1. The van der Waals surface area contributed by atoms with Gasteiger partial charge in [-0.15, -0.1) is 0 Å². The molecule has 0 aliphatic heterocycles. The van der Waals surface area contributed by atoms with E-state index in [-0.39, 0.29) is 5.54 Å². The SMILES string of the molecule is COc1ccc(CC(C)(C)NCCCOc2cccc(Cl)c2Cl)cc1. The number of benzene rings is 2. The second-order valence-corrected chi connectivity index (χ2v) is 7.37. The lowest BCUT2D eigenvalue weighted by Crippen LogP contribution is -2.42. The number of ether oxygens (including phenoxy) is 2. The van der Waals surface area contributed by atoms with E-state index in [0.29, 0.717) is 22.4 Å². The average Bonchev–Trinajstić information content (AvgIpc) is 2.58. The molecule has 0 amide bonds. The van der Waals surface area contributed by atoms with Crippen molar-refractivity contribution in [2.75, 3.05) is 20.3 Å². The first-order valence-corrected chi connectivity index (χ1v) is 9.12. The van der Waals surface area contributed by atoms with Crippen molar-refractivity contribution in [3.8, 4) is 11.5 Å². The Morgan fingerprint density at radius 3 is 2.44 bits per heavy atom. The number of halogens is 2. The summed E-state index contributed by atoms with van der Waals surface area (Å²) in [4.78, 5) is 0. The highest BCUT2D eigenvalue weighted by molar-refractivity contribution is 6.42. The van der Waals surface area contributed by atoms with Gasteiger partial charge in [-0.25, -0.2) is 0 Å². The van der Waals surface area contributed by atoms with Gasteiger partial charge in [0.2, 0.25) is 0 Å². The third kappa shape index (κ3) is 6.43. The van der Waals surface area contributed by atoms with Crippen LogP contribution in [0.2, 0.25) is 10.0 Å². The minimum atomic E-state index is 0.00227. The Hall–Kier alpha value is -1.42. The highest BCUT2D eigenvalue weighted by Gasteiger charge is 2.17. The van der Waals surface area contributed by atoms with Crippen molar-refractivity contribution in [3.63, 3.8) is 0 Å². The maximum atomic E-state index is 6.11. The molecule has 0 unspecified atom stereocenters. The van der Waals surface area contributed by atoms with E-state index in [0.717, 1.165) is 25.1 Å². The molecule has 0 aliphatic carbocycles. The zero-order valence-electron chi connectivity index (χ0n) is 14.9. The van der Waals surface area contributed by atoms with Crippen LogP contribution in [-0.4, -0.2) is 25.8 Å². The first-order valence-electron chi connectivity index (χ1n) is 8.36. The summed E-state index contributed by atoms with van der Waals surface area (Å²) in [6.45, 7) is 5.85. The van der Waals surface area contributed by atoms with Gasteiger partial charge < -0.3 is 14.8 Å². The molecule has 0 saturated heterocycles. The molecule has 0 heterocycles. The first kappa shape index (κ1) is 19.9. The Labute approximate surface area is 160 Å². The standard InChI is InChI=1S/C20H25Cl2NO2/c1-20(2,14-15-8-10-16(24-3)11-9-15)23-12-5-13-25-18-7-4-6-17(21)19(18)22/h4,6-11,23H,5,12-14H2,1-3H3. The fraction of sp³-hybridized carbons (Fsp3) is 0.400. The molecular weight excluding hydrogens is 357 g/mol. The van der Waals surface area contributed by atoms with Crippen LogP contribution in [0, 0.1) is 0 Å². The van der Waals surface area contributed by atoms with E-state index in [1.807, 2.05) is 24.3 Å². The van der Waals surface area contributed by atoms with Crippen LogP contribution in [0.15, 0.2) is 42.5 Å². The van der Waals surface area contributed by atoms with E-state index in [9.17, 15) is 0 Å². The van der Waals surface area contributed by atoms with Gasteiger partial charge in [0.05, 0.1) is 18.7 Å². The van der Waals surface area contributed by atoms with Gasteiger partial charge >= 0.3 is 0 Å². The molecule has 1 N–H and O–H groups in total. The molecule has 0 radical (unpaired) electrons. The number of hydrogen-bond donors (Lipinski definition) is 1. The van der Waals surface area contributed by atoms with Crippen LogP contribution in [0.25, 0.3) is 0 Å². The molecule has 2 rings (SSSR count). The summed E-state index contributed by atoms with van der Waals surface area (Å²) >= 11 is 12.1. The summed E-state index contributed by atoms with van der Waals surface area (Å²) in [6.07, 6.45) is 1.83. The Morgan fingerprint density at radius 1 is 1.04 bits per heavy atom. The molecule has 0 bridgehead atoms. The highest BCUT2D eigenvalue weighted by atomic mass is 35.5. The third-order valence-electron chi connectivity index (χ3n) is 3.90. The van der Waals surface area contributed by atoms with Crippen LogP contribution in [0.5, 0.6) is 11.5 Å². The van der Waals surface area contributed by atoms with Gasteiger partial charge in [0.25, 0.3) is 0 Å². The fourth-order valence-corrected chi connectivity index (χ4v) is 2.94. The minimum Gasteiger partial charge on any atom is -0.497 e. The van der Waals surface area contributed by atoms with Gasteiger partial charge in [-0.3, -0.25) is 0 Å². The zero-order valence-corrected chi connectivity index (χ0v) is 16.5. The van der Waals surface area contributed by atoms with Crippen LogP contribution in [-0.2, 0) is 6.42 Å². The zero-order chi connectivity index (χ0) is 18.3. The van der Waals surface area contributed by atoms with Crippen LogP contribution >= 0.6 is 23.2 Å². The van der Waals surface area contributed by atoms with Crippen LogP contribution in [0.4, 0.5) is 0 Å². The summed E-state index contributed by atoms with van der Waals surface area (Å²) in [5.41, 5.74) is 1.28. The number of hydrogen-bond acceptors (Lipinski definition) is 3. The molecule has 2 aromatic rings. The monoisotopic (exact) mass is 381 g/mol. The maximum absolute atomic E-state index is 6.11. The topological polar surface area (TPSA) is 30.5 Å². The van der Waals surface area contributed by atoms with Crippen molar-refractivity contribution in [3.05, 3.63) is 58.1 Å². The average molecular weight is 382 g/mol. The van der Waals surface area contributed by atoms with Crippen LogP contribution in [0.3, 0.4) is 0 Å². The first-order chi connectivity index (χ1) is 11.9. The predicted octanol–water partition coefficient (Wildman–Crippen LogP) is 5.38. The summed E-state index contributed by atoms with van der Waals surface area (Å²) in [5, 5.41) is 4.56. The van der Waals surface area contributed by atoms with E-state index in [1.54, 1.807) is 13.2 Å². The van der Waals surface area contributed by atoms with Crippen molar-refractivity contribution in [1.29, 1.82) is 0 Å². The smallest absolute Gasteiger partial charge is 0.139 e. The Bertz CT molecular complexity index is 672. The highest BCUT2D eigenvalue weighted by Crippen LogP contribution is 2.31. The van der Waals surface area contributed by atoms with Crippen LogP contribution < -0.4 is 14.8 Å². The van der Waals surface area contributed by atoms with Crippen molar-refractivity contribution in [1.82, 2.24) is 5.32 Å². The molecule has 0 atom stereocenters. The van der Waals surface area contributed by atoms with Gasteiger partial charge in [-0.1, -0.05) is 41.4 Å². The van der Waals surface area contributed by atoms with E-state index in [4.69, 9.17) is 32.7 Å². The lowest BCUT2D eigenvalue weighted by molar-refractivity contribution is 0.294. The second kappa shape index (κ2) is 9.33. The van der Waals surface area contributed by atoms with Crippen molar-refractivity contribution in [2.45, 2.75) is 32.2 Å². The lowest BCUT2D eigenvalue weighted by Gasteiger charge is -2.26. The summed E-state index contributed by atoms with van der Waals surface area (Å²) in [6, 6.07) is 13.6. The van der Waals surface area contributed by atoms with E-state index < -0.39 is 0 Å². The van der Waals surface area contributed by atoms with E-state index >= 15 is 0 Å². The Balaban J connectivity index is 1.73. The molecule has 3 nitrogen and oxygen atoms in total. The molecular formula is C20H25Cl2NO2. The van der Waals surface area contributed by atoms with Gasteiger partial charge in [0.15, 0.2) is 0 Å². The molecule has 136 valence electrons. The molecule has 0 saturated carbocycles.